The maximum Gasteiger partial charge on any atom is 0.189 e. The molecule has 0 N–H and O–H groups in total. The molecule has 0 aliphatic heterocycles. The molecule has 0 spiro atoms. The molecule has 156 valence electrons. The van der Waals surface area contributed by atoms with E-state index in [1.807, 2.05) is 30.3 Å². The predicted molar refractivity (Wildman–Crippen MR) is 123 cm³/mol. The average molecular weight is 384 g/mol. The zero-order valence-electron chi connectivity index (χ0n) is 18.3. The highest BCUT2D eigenvalue weighted by atomic mass is 16.1. The smallest absolute Gasteiger partial charge is 0.189 e. The van der Waals surface area contributed by atoms with Crippen LogP contribution in [-0.4, -0.2) is 4.57 Å². The highest BCUT2D eigenvalue weighted by molar-refractivity contribution is 5.79. The van der Waals surface area contributed by atoms with Crippen molar-refractivity contribution in [2.24, 2.45) is 7.05 Å². The van der Waals surface area contributed by atoms with Crippen LogP contribution in [0.25, 0.3) is 10.9 Å². The van der Waals surface area contributed by atoms with Crippen molar-refractivity contribution in [1.82, 2.24) is 4.57 Å². The first-order valence-electron chi connectivity index (χ1n) is 11.8. The Morgan fingerprint density at radius 1 is 0.714 bits per heavy atom. The third-order valence-corrected chi connectivity index (χ3v) is 6.05. The van der Waals surface area contributed by atoms with Gasteiger partial charge in [0, 0.05) is 24.2 Å². The number of hydrogen-bond donors (Lipinski definition) is 0. The van der Waals surface area contributed by atoms with E-state index in [2.05, 4.69) is 18.5 Å². The van der Waals surface area contributed by atoms with Gasteiger partial charge < -0.3 is 4.57 Å². The zero-order chi connectivity index (χ0) is 20.0. The summed E-state index contributed by atoms with van der Waals surface area (Å²) in [5, 5.41) is 0.828. The van der Waals surface area contributed by atoms with E-state index in [0.29, 0.717) is 0 Å². The summed E-state index contributed by atoms with van der Waals surface area (Å²) in [5.41, 5.74) is 2.38. The Bertz CT molecular complexity index is 731. The fourth-order valence-corrected chi connectivity index (χ4v) is 4.20. The topological polar surface area (TPSA) is 22.0 Å². The van der Waals surface area contributed by atoms with Gasteiger partial charge in [-0.3, -0.25) is 4.79 Å². The fraction of sp³-hybridized carbons (Fsp3) is 0.654. The SMILES string of the molecule is CCCCCCCCCCCCCCCCc1cc(=O)c2ccccc2n1C. The van der Waals surface area contributed by atoms with Crippen LogP contribution in [-0.2, 0) is 13.5 Å². The van der Waals surface area contributed by atoms with Crippen LogP contribution in [0, 0.1) is 0 Å². The first kappa shape index (κ1) is 22.7. The lowest BCUT2D eigenvalue weighted by atomic mass is 10.0. The molecule has 28 heavy (non-hydrogen) atoms. The molecule has 0 amide bonds. The first-order chi connectivity index (χ1) is 13.7. The Kier molecular flexibility index (Phi) is 11.0. The highest BCUT2D eigenvalue weighted by Crippen LogP contribution is 2.15. The minimum absolute atomic E-state index is 0.161. The molecule has 0 saturated heterocycles. The van der Waals surface area contributed by atoms with E-state index in [9.17, 15) is 4.79 Å². The van der Waals surface area contributed by atoms with Crippen LogP contribution >= 0.6 is 0 Å². The van der Waals surface area contributed by atoms with E-state index in [1.54, 1.807) is 0 Å². The van der Waals surface area contributed by atoms with Crippen molar-refractivity contribution in [2.75, 3.05) is 0 Å². The summed E-state index contributed by atoms with van der Waals surface area (Å²) in [6, 6.07) is 9.76. The third-order valence-electron chi connectivity index (χ3n) is 6.05. The summed E-state index contributed by atoms with van der Waals surface area (Å²) < 4.78 is 2.19. The second kappa shape index (κ2) is 13.6. The van der Waals surface area contributed by atoms with Gasteiger partial charge in [0.15, 0.2) is 5.43 Å². The molecule has 0 saturated carbocycles. The molecule has 0 fully saturated rings. The maximum absolute atomic E-state index is 12.3. The fourth-order valence-electron chi connectivity index (χ4n) is 4.20. The lowest BCUT2D eigenvalue weighted by molar-refractivity contribution is 0.534. The van der Waals surface area contributed by atoms with Crippen molar-refractivity contribution in [3.63, 3.8) is 0 Å². The Labute approximate surface area is 172 Å². The highest BCUT2D eigenvalue weighted by Gasteiger charge is 2.05. The molecule has 0 aliphatic rings. The van der Waals surface area contributed by atoms with Crippen LogP contribution in [0.15, 0.2) is 35.1 Å². The second-order valence-electron chi connectivity index (χ2n) is 8.42. The number of fused-ring (bicyclic) bond motifs is 1. The second-order valence-corrected chi connectivity index (χ2v) is 8.42. The number of aromatic nitrogens is 1. The third kappa shape index (κ3) is 7.81. The summed E-state index contributed by atoms with van der Waals surface area (Å²) in [7, 11) is 2.08. The number of hydrogen-bond acceptors (Lipinski definition) is 1. The molecule has 2 aromatic rings. The summed E-state index contributed by atoms with van der Waals surface area (Å²) >= 11 is 0. The van der Waals surface area contributed by atoms with Gasteiger partial charge in [0.25, 0.3) is 0 Å². The number of benzene rings is 1. The van der Waals surface area contributed by atoms with Crippen LogP contribution in [0.5, 0.6) is 0 Å². The van der Waals surface area contributed by atoms with E-state index in [4.69, 9.17) is 0 Å². The van der Waals surface area contributed by atoms with Gasteiger partial charge in [-0.25, -0.2) is 0 Å². The molecule has 1 heterocycles. The van der Waals surface area contributed by atoms with Gasteiger partial charge in [-0.1, -0.05) is 103 Å². The summed E-state index contributed by atoms with van der Waals surface area (Å²) in [6.07, 6.45) is 20.3. The molecule has 0 bridgehead atoms. The molecule has 2 heteroatoms. The van der Waals surface area contributed by atoms with Gasteiger partial charge in [-0.05, 0) is 25.0 Å². The number of nitrogens with zero attached hydrogens (tertiary/aromatic N) is 1. The standard InChI is InChI=1S/C26H41NO/c1-3-4-5-6-7-8-9-10-11-12-13-14-15-16-19-23-22-26(28)24-20-17-18-21-25(24)27(23)2/h17-18,20-22H,3-16,19H2,1-2H3. The van der Waals surface area contributed by atoms with Gasteiger partial charge in [0.1, 0.15) is 0 Å². The van der Waals surface area contributed by atoms with E-state index in [1.165, 1.54) is 95.6 Å². The monoisotopic (exact) mass is 383 g/mol. The van der Waals surface area contributed by atoms with Crippen LogP contribution in [0.2, 0.25) is 0 Å². The lowest BCUT2D eigenvalue weighted by Crippen LogP contribution is -2.11. The number of para-hydroxylation sites is 1. The normalized spacial score (nSPS) is 11.4. The van der Waals surface area contributed by atoms with Gasteiger partial charge in [0.2, 0.25) is 0 Å². The Morgan fingerprint density at radius 3 is 1.79 bits per heavy atom. The molecular weight excluding hydrogens is 342 g/mol. The largest absolute Gasteiger partial charge is 0.347 e. The minimum Gasteiger partial charge on any atom is -0.347 e. The number of rotatable bonds is 15. The summed E-state index contributed by atoms with van der Waals surface area (Å²) in [5.74, 6) is 0. The van der Waals surface area contributed by atoms with Crippen molar-refractivity contribution in [3.05, 3.63) is 46.2 Å². The first-order valence-corrected chi connectivity index (χ1v) is 11.8. The van der Waals surface area contributed by atoms with Gasteiger partial charge in [-0.15, -0.1) is 0 Å². The molecule has 1 aromatic heterocycles. The van der Waals surface area contributed by atoms with E-state index in [0.717, 1.165) is 17.3 Å². The Balaban J connectivity index is 1.52. The molecule has 2 rings (SSSR count). The van der Waals surface area contributed by atoms with Gasteiger partial charge in [0.05, 0.1) is 5.52 Å². The summed E-state index contributed by atoms with van der Waals surface area (Å²) in [4.78, 5) is 12.3. The minimum atomic E-state index is 0.161. The van der Waals surface area contributed by atoms with E-state index >= 15 is 0 Å². The zero-order valence-corrected chi connectivity index (χ0v) is 18.3. The van der Waals surface area contributed by atoms with Crippen LogP contribution < -0.4 is 5.43 Å². The van der Waals surface area contributed by atoms with Gasteiger partial charge >= 0.3 is 0 Å². The molecule has 0 atom stereocenters. The van der Waals surface area contributed by atoms with Gasteiger partial charge in [-0.2, -0.15) is 0 Å². The molecule has 0 radical (unpaired) electrons. The van der Waals surface area contributed by atoms with E-state index in [-0.39, 0.29) is 5.43 Å². The number of unbranched alkanes of at least 4 members (excludes halogenated alkanes) is 13. The van der Waals surface area contributed by atoms with Crippen LogP contribution in [0.3, 0.4) is 0 Å². The molecule has 0 aliphatic carbocycles. The average Bonchev–Trinajstić information content (AvgIpc) is 2.71. The van der Waals surface area contributed by atoms with Crippen molar-refractivity contribution < 1.29 is 0 Å². The maximum atomic E-state index is 12.3. The van der Waals surface area contributed by atoms with Crippen LogP contribution in [0.4, 0.5) is 0 Å². The molecule has 1 aromatic carbocycles. The predicted octanol–water partition coefficient (Wildman–Crippen LogP) is 7.56. The van der Waals surface area contributed by atoms with Crippen molar-refractivity contribution >= 4 is 10.9 Å². The molecule has 0 unspecified atom stereocenters. The lowest BCUT2D eigenvalue weighted by Gasteiger charge is -2.12. The Hall–Kier alpha value is -1.57. The van der Waals surface area contributed by atoms with Crippen molar-refractivity contribution in [1.29, 1.82) is 0 Å². The van der Waals surface area contributed by atoms with Crippen molar-refractivity contribution in [2.45, 2.75) is 103 Å². The van der Waals surface area contributed by atoms with E-state index < -0.39 is 0 Å². The van der Waals surface area contributed by atoms with Crippen LogP contribution in [0.1, 0.15) is 103 Å². The molecular formula is C26H41NO. The quantitative estimate of drug-likeness (QED) is 0.291. The number of pyridine rings is 1. The van der Waals surface area contributed by atoms with Crippen molar-refractivity contribution in [3.8, 4) is 0 Å². The Morgan fingerprint density at radius 2 is 1.21 bits per heavy atom. The molecule has 2 nitrogen and oxygen atoms in total. The summed E-state index contributed by atoms with van der Waals surface area (Å²) in [6.45, 7) is 2.28. The number of aryl methyl sites for hydroxylation is 2.